The van der Waals surface area contributed by atoms with Gasteiger partial charge < -0.3 is 10.3 Å². The SMILES string of the molecule is CCCCCCCCNCc1nc2sc3c(c2c(=O)[nH]1)CCC3. The first-order valence-electron chi connectivity index (χ1n) is 9.03. The molecule has 3 rings (SSSR count). The summed E-state index contributed by atoms with van der Waals surface area (Å²) in [6, 6.07) is 0. The summed E-state index contributed by atoms with van der Waals surface area (Å²) < 4.78 is 0. The average Bonchev–Trinajstić information content (AvgIpc) is 3.10. The highest BCUT2D eigenvalue weighted by Crippen LogP contribution is 2.34. The highest BCUT2D eigenvalue weighted by atomic mass is 32.1. The van der Waals surface area contributed by atoms with Gasteiger partial charge in [0.05, 0.1) is 11.9 Å². The van der Waals surface area contributed by atoms with Gasteiger partial charge in [0, 0.05) is 4.88 Å². The Morgan fingerprint density at radius 1 is 1.17 bits per heavy atom. The lowest BCUT2D eigenvalue weighted by molar-refractivity contribution is 0.566. The lowest BCUT2D eigenvalue weighted by Gasteiger charge is -2.05. The van der Waals surface area contributed by atoms with E-state index in [9.17, 15) is 4.79 Å². The van der Waals surface area contributed by atoms with Gasteiger partial charge in [-0.05, 0) is 37.8 Å². The summed E-state index contributed by atoms with van der Waals surface area (Å²) in [4.78, 5) is 22.3. The minimum Gasteiger partial charge on any atom is -0.310 e. The van der Waals surface area contributed by atoms with Gasteiger partial charge in [-0.1, -0.05) is 39.0 Å². The molecule has 0 saturated carbocycles. The maximum absolute atomic E-state index is 12.3. The van der Waals surface area contributed by atoms with Crippen LogP contribution >= 0.6 is 11.3 Å². The molecule has 126 valence electrons. The number of rotatable bonds is 9. The van der Waals surface area contributed by atoms with Crippen molar-refractivity contribution in [1.82, 2.24) is 15.3 Å². The molecule has 0 fully saturated rings. The third-order valence-electron chi connectivity index (χ3n) is 4.62. The summed E-state index contributed by atoms with van der Waals surface area (Å²) in [6.07, 6.45) is 11.1. The Morgan fingerprint density at radius 3 is 2.87 bits per heavy atom. The lowest BCUT2D eigenvalue weighted by atomic mass is 10.1. The van der Waals surface area contributed by atoms with Crippen LogP contribution in [-0.2, 0) is 19.4 Å². The Hall–Kier alpha value is -1.20. The fourth-order valence-electron chi connectivity index (χ4n) is 3.37. The zero-order valence-corrected chi connectivity index (χ0v) is 14.9. The lowest BCUT2D eigenvalue weighted by Crippen LogP contribution is -2.20. The van der Waals surface area contributed by atoms with Gasteiger partial charge in [-0.3, -0.25) is 4.79 Å². The third kappa shape index (κ3) is 4.01. The Morgan fingerprint density at radius 2 is 2.00 bits per heavy atom. The molecule has 23 heavy (non-hydrogen) atoms. The number of nitrogens with zero attached hydrogens (tertiary/aromatic N) is 1. The van der Waals surface area contributed by atoms with E-state index >= 15 is 0 Å². The second-order valence-electron chi connectivity index (χ2n) is 6.49. The minimum absolute atomic E-state index is 0.0470. The number of nitrogens with one attached hydrogen (secondary N) is 2. The van der Waals surface area contributed by atoms with E-state index in [1.54, 1.807) is 11.3 Å². The van der Waals surface area contributed by atoms with Gasteiger partial charge in [-0.25, -0.2) is 4.98 Å². The van der Waals surface area contributed by atoms with Crippen molar-refractivity contribution in [1.29, 1.82) is 0 Å². The molecule has 2 aromatic rings. The number of fused-ring (bicyclic) bond motifs is 3. The predicted octanol–water partition coefficient (Wildman–Crippen LogP) is 3.92. The molecule has 0 spiro atoms. The maximum Gasteiger partial charge on any atom is 0.259 e. The molecule has 1 aliphatic rings. The summed E-state index contributed by atoms with van der Waals surface area (Å²) >= 11 is 1.71. The van der Waals surface area contributed by atoms with E-state index in [1.165, 1.54) is 55.4 Å². The fourth-order valence-corrected chi connectivity index (χ4v) is 4.65. The van der Waals surface area contributed by atoms with Gasteiger partial charge >= 0.3 is 0 Å². The van der Waals surface area contributed by atoms with Crippen LogP contribution in [0.4, 0.5) is 0 Å². The van der Waals surface area contributed by atoms with Gasteiger partial charge in [-0.2, -0.15) is 0 Å². The van der Waals surface area contributed by atoms with Crippen LogP contribution in [0, 0.1) is 0 Å². The molecule has 0 aliphatic heterocycles. The van der Waals surface area contributed by atoms with E-state index < -0.39 is 0 Å². The molecular formula is C18H27N3OS. The largest absolute Gasteiger partial charge is 0.310 e. The smallest absolute Gasteiger partial charge is 0.259 e. The van der Waals surface area contributed by atoms with Crippen molar-refractivity contribution in [2.75, 3.05) is 6.54 Å². The number of aromatic nitrogens is 2. The second kappa shape index (κ2) is 8.06. The Balaban J connectivity index is 1.50. The first kappa shape index (κ1) is 16.7. The van der Waals surface area contributed by atoms with E-state index in [1.807, 2.05) is 0 Å². The number of hydrogen-bond donors (Lipinski definition) is 2. The summed E-state index contributed by atoms with van der Waals surface area (Å²) in [6.45, 7) is 3.89. The Bertz CT molecular complexity index is 704. The Labute approximate surface area is 141 Å². The number of unbranched alkanes of at least 4 members (excludes halogenated alkanes) is 5. The fraction of sp³-hybridized carbons (Fsp3) is 0.667. The van der Waals surface area contributed by atoms with Crippen molar-refractivity contribution in [2.24, 2.45) is 0 Å². The molecule has 0 amide bonds. The quantitative estimate of drug-likeness (QED) is 0.684. The number of aryl methyl sites for hydroxylation is 2. The van der Waals surface area contributed by atoms with Crippen LogP contribution in [0.5, 0.6) is 0 Å². The second-order valence-corrected chi connectivity index (χ2v) is 7.58. The van der Waals surface area contributed by atoms with Crippen LogP contribution in [0.15, 0.2) is 4.79 Å². The molecule has 0 unspecified atom stereocenters. The zero-order valence-electron chi connectivity index (χ0n) is 14.0. The Kier molecular flexibility index (Phi) is 5.84. The van der Waals surface area contributed by atoms with Crippen molar-refractivity contribution in [3.8, 4) is 0 Å². The highest BCUT2D eigenvalue weighted by molar-refractivity contribution is 7.18. The molecule has 1 aliphatic carbocycles. The molecule has 4 nitrogen and oxygen atoms in total. The highest BCUT2D eigenvalue weighted by Gasteiger charge is 2.20. The predicted molar refractivity (Wildman–Crippen MR) is 97.3 cm³/mol. The summed E-state index contributed by atoms with van der Waals surface area (Å²) in [5, 5.41) is 4.26. The van der Waals surface area contributed by atoms with Gasteiger partial charge in [0.15, 0.2) is 0 Å². The van der Waals surface area contributed by atoms with Crippen LogP contribution < -0.4 is 10.9 Å². The van der Waals surface area contributed by atoms with Gasteiger partial charge in [-0.15, -0.1) is 11.3 Å². The molecule has 0 aromatic carbocycles. The third-order valence-corrected chi connectivity index (χ3v) is 5.81. The van der Waals surface area contributed by atoms with Crippen LogP contribution in [0.2, 0.25) is 0 Å². The molecular weight excluding hydrogens is 306 g/mol. The van der Waals surface area contributed by atoms with Crippen molar-refractivity contribution < 1.29 is 0 Å². The normalized spacial score (nSPS) is 13.8. The minimum atomic E-state index is 0.0470. The molecule has 2 aromatic heterocycles. The molecule has 2 heterocycles. The first-order chi connectivity index (χ1) is 11.3. The van der Waals surface area contributed by atoms with Gasteiger partial charge in [0.1, 0.15) is 10.7 Å². The molecule has 0 saturated heterocycles. The number of aromatic amines is 1. The summed E-state index contributed by atoms with van der Waals surface area (Å²) in [5.41, 5.74) is 1.30. The van der Waals surface area contributed by atoms with Crippen LogP contribution in [0.3, 0.4) is 0 Å². The van der Waals surface area contributed by atoms with Gasteiger partial charge in [0.25, 0.3) is 5.56 Å². The molecule has 5 heteroatoms. The molecule has 0 bridgehead atoms. The van der Waals surface area contributed by atoms with Crippen molar-refractivity contribution >= 4 is 21.6 Å². The van der Waals surface area contributed by atoms with E-state index in [2.05, 4.69) is 22.2 Å². The number of H-pyrrole nitrogens is 1. The molecule has 0 radical (unpaired) electrons. The standard InChI is InChI=1S/C18H27N3OS/c1-2-3-4-5-6-7-11-19-12-15-20-17(22)16-13-9-8-10-14(13)23-18(16)21-15/h19H,2-12H2,1H3,(H,20,21,22). The molecule has 2 N–H and O–H groups in total. The van der Waals surface area contributed by atoms with E-state index in [-0.39, 0.29) is 5.56 Å². The van der Waals surface area contributed by atoms with Crippen molar-refractivity contribution in [2.45, 2.75) is 71.3 Å². The monoisotopic (exact) mass is 333 g/mol. The van der Waals surface area contributed by atoms with E-state index in [4.69, 9.17) is 0 Å². The average molecular weight is 334 g/mol. The van der Waals surface area contributed by atoms with Crippen LogP contribution in [-0.4, -0.2) is 16.5 Å². The maximum atomic E-state index is 12.3. The molecule has 0 atom stereocenters. The van der Waals surface area contributed by atoms with Gasteiger partial charge in [0.2, 0.25) is 0 Å². The van der Waals surface area contributed by atoms with Crippen LogP contribution in [0.25, 0.3) is 10.2 Å². The van der Waals surface area contributed by atoms with Crippen LogP contribution in [0.1, 0.15) is 68.1 Å². The van der Waals surface area contributed by atoms with Crippen molar-refractivity contribution in [3.63, 3.8) is 0 Å². The summed E-state index contributed by atoms with van der Waals surface area (Å²) in [7, 11) is 0. The van der Waals surface area contributed by atoms with E-state index in [0.717, 1.165) is 35.4 Å². The number of thiophene rings is 1. The summed E-state index contributed by atoms with van der Waals surface area (Å²) in [5.74, 6) is 0.772. The number of hydrogen-bond acceptors (Lipinski definition) is 4. The zero-order chi connectivity index (χ0) is 16.1. The van der Waals surface area contributed by atoms with Crippen molar-refractivity contribution in [3.05, 3.63) is 26.6 Å². The topological polar surface area (TPSA) is 57.8 Å². The first-order valence-corrected chi connectivity index (χ1v) is 9.85. The van der Waals surface area contributed by atoms with E-state index in [0.29, 0.717) is 6.54 Å².